The van der Waals surface area contributed by atoms with Crippen LogP contribution in [0.1, 0.15) is 25.7 Å². The first-order valence-corrected chi connectivity index (χ1v) is 4.34. The van der Waals surface area contributed by atoms with E-state index in [1.54, 1.807) is 0 Å². The molecule has 2 atom stereocenters. The molecule has 2 heteroatoms. The molecule has 2 aliphatic rings. The molecule has 0 spiro atoms. The van der Waals surface area contributed by atoms with Crippen molar-refractivity contribution in [1.29, 1.82) is 0 Å². The quantitative estimate of drug-likeness (QED) is 0.525. The summed E-state index contributed by atoms with van der Waals surface area (Å²) in [5.74, 6) is 0.877. The third-order valence-corrected chi connectivity index (χ3v) is 2.71. The molecular formula is C8H15N2. The van der Waals surface area contributed by atoms with Gasteiger partial charge in [-0.15, -0.1) is 0 Å². The summed E-state index contributed by atoms with van der Waals surface area (Å²) in [6.45, 7) is 2.12. The Morgan fingerprint density at radius 2 is 2.10 bits per heavy atom. The molecule has 1 aliphatic heterocycles. The second kappa shape index (κ2) is 2.89. The first-order chi connectivity index (χ1) is 4.97. The molecule has 0 aromatic rings. The van der Waals surface area contributed by atoms with Crippen LogP contribution in [-0.2, 0) is 0 Å². The third kappa shape index (κ3) is 1.18. The van der Waals surface area contributed by atoms with Crippen LogP contribution in [0, 0.1) is 5.92 Å². The van der Waals surface area contributed by atoms with Crippen LogP contribution in [0.25, 0.3) is 0 Å². The molecular weight excluding hydrogens is 124 g/mol. The highest BCUT2D eigenvalue weighted by molar-refractivity contribution is 4.84. The summed E-state index contributed by atoms with van der Waals surface area (Å²) >= 11 is 0. The van der Waals surface area contributed by atoms with Crippen LogP contribution in [0.4, 0.5) is 0 Å². The van der Waals surface area contributed by atoms with Crippen molar-refractivity contribution in [3.05, 3.63) is 0 Å². The van der Waals surface area contributed by atoms with Crippen LogP contribution < -0.4 is 10.6 Å². The van der Waals surface area contributed by atoms with Crippen LogP contribution in [0.15, 0.2) is 0 Å². The summed E-state index contributed by atoms with van der Waals surface area (Å²) in [4.78, 5) is 0. The minimum atomic E-state index is 0.718. The van der Waals surface area contributed by atoms with E-state index in [0.717, 1.165) is 18.6 Å². The van der Waals surface area contributed by atoms with Gasteiger partial charge in [0.2, 0.25) is 0 Å². The summed E-state index contributed by atoms with van der Waals surface area (Å²) in [7, 11) is 0. The number of nitrogens with zero attached hydrogens (tertiary/aromatic N) is 1. The van der Waals surface area contributed by atoms with Crippen molar-refractivity contribution in [2.45, 2.75) is 31.7 Å². The summed E-state index contributed by atoms with van der Waals surface area (Å²) in [5, 5.41) is 7.86. The average molecular weight is 139 g/mol. The van der Waals surface area contributed by atoms with Crippen molar-refractivity contribution >= 4 is 0 Å². The zero-order chi connectivity index (χ0) is 6.81. The second-order valence-corrected chi connectivity index (χ2v) is 3.41. The Morgan fingerprint density at radius 1 is 1.20 bits per heavy atom. The van der Waals surface area contributed by atoms with E-state index in [-0.39, 0.29) is 0 Å². The van der Waals surface area contributed by atoms with E-state index >= 15 is 0 Å². The van der Waals surface area contributed by atoms with Crippen LogP contribution in [0.2, 0.25) is 0 Å². The molecule has 0 aromatic heterocycles. The Morgan fingerprint density at radius 3 is 3.00 bits per heavy atom. The topological polar surface area (TPSA) is 26.1 Å². The van der Waals surface area contributed by atoms with Gasteiger partial charge in [-0.1, -0.05) is 12.8 Å². The van der Waals surface area contributed by atoms with E-state index < -0.39 is 0 Å². The van der Waals surface area contributed by atoms with E-state index in [2.05, 4.69) is 10.6 Å². The monoisotopic (exact) mass is 139 g/mol. The maximum Gasteiger partial charge on any atom is 0.0627 e. The maximum atomic E-state index is 4.54. The van der Waals surface area contributed by atoms with Gasteiger partial charge in [-0.05, 0) is 18.8 Å². The molecule has 2 unspecified atom stereocenters. The molecule has 2 fully saturated rings. The van der Waals surface area contributed by atoms with E-state index in [9.17, 15) is 0 Å². The number of hydrogen-bond donors (Lipinski definition) is 1. The first-order valence-electron chi connectivity index (χ1n) is 4.34. The number of nitrogens with one attached hydrogen (secondary N) is 1. The standard InChI is InChI=1S/C8H15N2/c1-2-4-8-7(3-1)5-9-6-10-8/h7-9H,1-6H2. The maximum absolute atomic E-state index is 4.54. The van der Waals surface area contributed by atoms with Crippen molar-refractivity contribution in [1.82, 2.24) is 10.6 Å². The molecule has 1 heterocycles. The molecule has 10 heavy (non-hydrogen) atoms. The smallest absolute Gasteiger partial charge is 0.0627 e. The number of hydrogen-bond acceptors (Lipinski definition) is 1. The predicted octanol–water partition coefficient (Wildman–Crippen LogP) is 0.710. The van der Waals surface area contributed by atoms with Gasteiger partial charge in [0.1, 0.15) is 0 Å². The van der Waals surface area contributed by atoms with Gasteiger partial charge in [0.25, 0.3) is 0 Å². The first kappa shape index (κ1) is 6.62. The summed E-state index contributed by atoms with van der Waals surface area (Å²) in [6, 6.07) is 0.718. The molecule has 57 valence electrons. The Labute approximate surface area is 62.4 Å². The lowest BCUT2D eigenvalue weighted by atomic mass is 9.83. The normalized spacial score (nSPS) is 40.8. The van der Waals surface area contributed by atoms with Gasteiger partial charge in [0.15, 0.2) is 0 Å². The fraction of sp³-hybridized carbons (Fsp3) is 1.00. The van der Waals surface area contributed by atoms with E-state index in [1.165, 1.54) is 32.2 Å². The fourth-order valence-electron chi connectivity index (χ4n) is 2.10. The summed E-state index contributed by atoms with van der Waals surface area (Å²) < 4.78 is 0. The van der Waals surface area contributed by atoms with Crippen molar-refractivity contribution in [2.24, 2.45) is 5.92 Å². The van der Waals surface area contributed by atoms with Crippen LogP contribution in [0.5, 0.6) is 0 Å². The molecule has 1 aliphatic carbocycles. The molecule has 1 saturated heterocycles. The third-order valence-electron chi connectivity index (χ3n) is 2.71. The Kier molecular flexibility index (Phi) is 1.91. The summed E-state index contributed by atoms with van der Waals surface area (Å²) in [5.41, 5.74) is 0. The predicted molar refractivity (Wildman–Crippen MR) is 40.7 cm³/mol. The average Bonchev–Trinajstić information content (AvgIpc) is 2.05. The SMILES string of the molecule is C1CCC2[N]CNCC2C1. The number of fused-ring (bicyclic) bond motifs is 1. The Hall–Kier alpha value is -0.0800. The second-order valence-electron chi connectivity index (χ2n) is 3.41. The van der Waals surface area contributed by atoms with E-state index in [1.807, 2.05) is 0 Å². The zero-order valence-corrected chi connectivity index (χ0v) is 6.34. The van der Waals surface area contributed by atoms with Gasteiger partial charge in [0, 0.05) is 12.6 Å². The highest BCUT2D eigenvalue weighted by Crippen LogP contribution is 2.25. The molecule has 1 radical (unpaired) electrons. The van der Waals surface area contributed by atoms with Crippen LogP contribution in [-0.4, -0.2) is 19.3 Å². The molecule has 2 rings (SSSR count). The van der Waals surface area contributed by atoms with Gasteiger partial charge in [-0.25, -0.2) is 5.32 Å². The van der Waals surface area contributed by atoms with Gasteiger partial charge >= 0.3 is 0 Å². The molecule has 1 N–H and O–H groups in total. The van der Waals surface area contributed by atoms with Gasteiger partial charge in [0.05, 0.1) is 6.67 Å². The fourth-order valence-corrected chi connectivity index (χ4v) is 2.10. The minimum absolute atomic E-state index is 0.718. The van der Waals surface area contributed by atoms with Gasteiger partial charge in [-0.2, -0.15) is 0 Å². The van der Waals surface area contributed by atoms with Crippen molar-refractivity contribution in [3.8, 4) is 0 Å². The molecule has 0 aromatic carbocycles. The Bertz CT molecular complexity index is 87.8. The lowest BCUT2D eigenvalue weighted by Gasteiger charge is -2.35. The largest absolute Gasteiger partial charge is 0.303 e. The lowest BCUT2D eigenvalue weighted by Crippen LogP contribution is -2.48. The highest BCUT2D eigenvalue weighted by atomic mass is 15.1. The van der Waals surface area contributed by atoms with Gasteiger partial charge < -0.3 is 5.32 Å². The molecule has 2 nitrogen and oxygen atoms in total. The van der Waals surface area contributed by atoms with Crippen LogP contribution in [0.3, 0.4) is 0 Å². The van der Waals surface area contributed by atoms with Crippen molar-refractivity contribution < 1.29 is 0 Å². The van der Waals surface area contributed by atoms with E-state index in [4.69, 9.17) is 0 Å². The highest BCUT2D eigenvalue weighted by Gasteiger charge is 2.27. The molecule has 1 saturated carbocycles. The lowest BCUT2D eigenvalue weighted by molar-refractivity contribution is 0.208. The van der Waals surface area contributed by atoms with Gasteiger partial charge in [-0.3, -0.25) is 0 Å². The minimum Gasteiger partial charge on any atom is -0.303 e. The number of rotatable bonds is 0. The summed E-state index contributed by atoms with van der Waals surface area (Å²) in [6.07, 6.45) is 5.59. The van der Waals surface area contributed by atoms with E-state index in [0.29, 0.717) is 0 Å². The van der Waals surface area contributed by atoms with Crippen molar-refractivity contribution in [3.63, 3.8) is 0 Å². The zero-order valence-electron chi connectivity index (χ0n) is 6.34. The van der Waals surface area contributed by atoms with Crippen LogP contribution >= 0.6 is 0 Å². The Balaban J connectivity index is 1.93. The van der Waals surface area contributed by atoms with Crippen molar-refractivity contribution in [2.75, 3.05) is 13.2 Å². The molecule has 0 amide bonds. The molecule has 0 bridgehead atoms.